The normalized spacial score (nSPS) is 20.2. The van der Waals surface area contributed by atoms with Crippen molar-refractivity contribution >= 4 is 47.8 Å². The fourth-order valence-electron chi connectivity index (χ4n) is 4.78. The molecule has 0 aromatic heterocycles. The number of nitrogens with zero attached hydrogens (tertiary/aromatic N) is 1. The predicted octanol–water partition coefficient (Wildman–Crippen LogP) is -1.09. The number of aromatic carboxylic acids is 1. The number of hydrogen-bond acceptors (Lipinski definition) is 8. The van der Waals surface area contributed by atoms with E-state index in [4.69, 9.17) is 4.65 Å². The van der Waals surface area contributed by atoms with Crippen LogP contribution in [0.2, 0.25) is 0 Å². The third kappa shape index (κ3) is 6.38. The highest BCUT2D eigenvalue weighted by molar-refractivity contribution is 7.88. The maximum absolute atomic E-state index is 13.5. The van der Waals surface area contributed by atoms with E-state index in [2.05, 4.69) is 10.6 Å². The zero-order valence-corrected chi connectivity index (χ0v) is 22.8. The summed E-state index contributed by atoms with van der Waals surface area (Å²) in [4.78, 5) is 57.0. The summed E-state index contributed by atoms with van der Waals surface area (Å²) in [6, 6.07) is 6.54. The molecule has 0 saturated carbocycles. The van der Waals surface area contributed by atoms with Crippen molar-refractivity contribution in [3.05, 3.63) is 59.2 Å². The molecule has 4 rings (SSSR count). The second-order valence-electron chi connectivity index (χ2n) is 9.54. The average Bonchev–Trinajstić information content (AvgIpc) is 3.38. The van der Waals surface area contributed by atoms with Crippen molar-refractivity contribution in [2.75, 3.05) is 12.8 Å². The fraction of sp³-hybridized carbons (Fsp3) is 0.348. The van der Waals surface area contributed by atoms with Crippen molar-refractivity contribution in [2.45, 2.75) is 37.3 Å². The lowest BCUT2D eigenvalue weighted by Gasteiger charge is -2.31. The van der Waals surface area contributed by atoms with Gasteiger partial charge < -0.3 is 35.2 Å². The Hall–Kier alpha value is -3.27. The van der Waals surface area contributed by atoms with E-state index in [1.165, 1.54) is 24.3 Å². The predicted molar refractivity (Wildman–Crippen MR) is 141 cm³/mol. The summed E-state index contributed by atoms with van der Waals surface area (Å²) in [6.07, 6.45) is 1.62. The molecule has 0 spiro atoms. The number of carboxylic acid groups (broad SMARTS) is 1. The summed E-state index contributed by atoms with van der Waals surface area (Å²) < 4.78 is 42.3. The number of para-hydroxylation sites is 1. The zero-order chi connectivity index (χ0) is 29.4. The first-order valence-corrected chi connectivity index (χ1v) is 15.6. The van der Waals surface area contributed by atoms with E-state index >= 15 is 0 Å². The van der Waals surface area contributed by atoms with E-state index < -0.39 is 60.5 Å². The van der Waals surface area contributed by atoms with E-state index in [9.17, 15) is 47.3 Å². The van der Waals surface area contributed by atoms with E-state index in [-0.39, 0.29) is 41.6 Å². The van der Waals surface area contributed by atoms with Crippen molar-refractivity contribution in [3.8, 4) is 5.75 Å². The average molecular weight is 595 g/mol. The Kier molecular flexibility index (Phi) is 8.40. The number of carbonyl (C=O) groups is 3. The Labute approximate surface area is 229 Å². The van der Waals surface area contributed by atoms with Crippen LogP contribution in [0.15, 0.2) is 42.5 Å². The Morgan fingerprint density at radius 2 is 1.82 bits per heavy atom. The molecule has 17 heteroatoms. The monoisotopic (exact) mass is 595 g/mol. The second-order valence-corrected chi connectivity index (χ2v) is 13.1. The molecule has 40 heavy (non-hydrogen) atoms. The molecule has 1 saturated heterocycles. The SMILES string of the molecule is CS(=O)(=O)N1CCC[C@H]1C(=O)NC(C(=O)N[C@H]1Cc2cccc(C(=O)O)c2OB1O)c1ccc(P(=O)(O)O)cc1. The number of nitrogens with one attached hydrogen (secondary N) is 2. The second kappa shape index (κ2) is 11.3. The van der Waals surface area contributed by atoms with Crippen molar-refractivity contribution in [1.29, 1.82) is 0 Å². The van der Waals surface area contributed by atoms with Gasteiger partial charge in [0, 0.05) is 6.54 Å². The molecule has 2 amide bonds. The minimum atomic E-state index is -4.60. The summed E-state index contributed by atoms with van der Waals surface area (Å²) >= 11 is 0. The lowest BCUT2D eigenvalue weighted by molar-refractivity contribution is -0.131. The van der Waals surface area contributed by atoms with Crippen LogP contribution in [-0.2, 0) is 30.6 Å². The molecule has 2 heterocycles. The van der Waals surface area contributed by atoms with Gasteiger partial charge in [0.25, 0.3) is 0 Å². The third-order valence-corrected chi connectivity index (χ3v) is 8.98. The van der Waals surface area contributed by atoms with Gasteiger partial charge in [-0.25, -0.2) is 13.2 Å². The molecule has 2 aliphatic heterocycles. The first-order chi connectivity index (χ1) is 18.7. The highest BCUT2D eigenvalue weighted by Gasteiger charge is 2.41. The number of carboxylic acids is 1. The number of amides is 2. The van der Waals surface area contributed by atoms with Gasteiger partial charge in [-0.2, -0.15) is 4.31 Å². The van der Waals surface area contributed by atoms with Gasteiger partial charge in [-0.3, -0.25) is 14.2 Å². The number of fused-ring (bicyclic) bond motifs is 1. The largest absolute Gasteiger partial charge is 0.547 e. The Balaban J connectivity index is 1.60. The number of sulfonamides is 1. The molecule has 1 fully saturated rings. The van der Waals surface area contributed by atoms with Crippen LogP contribution in [0.4, 0.5) is 0 Å². The summed E-state index contributed by atoms with van der Waals surface area (Å²) in [5.74, 6) is -3.93. The van der Waals surface area contributed by atoms with E-state index in [0.29, 0.717) is 12.0 Å². The minimum Gasteiger partial charge on any atom is -0.534 e. The zero-order valence-electron chi connectivity index (χ0n) is 21.1. The molecule has 0 aliphatic carbocycles. The van der Waals surface area contributed by atoms with E-state index in [1.807, 2.05) is 0 Å². The maximum atomic E-state index is 13.5. The Morgan fingerprint density at radius 3 is 2.42 bits per heavy atom. The van der Waals surface area contributed by atoms with Gasteiger partial charge in [-0.05, 0) is 48.6 Å². The highest BCUT2D eigenvalue weighted by atomic mass is 32.2. The van der Waals surface area contributed by atoms with Crippen LogP contribution in [0.1, 0.15) is 40.4 Å². The molecule has 3 atom stereocenters. The Bertz CT molecular complexity index is 1480. The summed E-state index contributed by atoms with van der Waals surface area (Å²) in [5.41, 5.74) is 0.382. The minimum absolute atomic E-state index is 0.00828. The number of rotatable bonds is 8. The van der Waals surface area contributed by atoms with Crippen LogP contribution in [0.25, 0.3) is 0 Å². The molecule has 6 N–H and O–H groups in total. The van der Waals surface area contributed by atoms with Gasteiger partial charge in [0.2, 0.25) is 21.8 Å². The van der Waals surface area contributed by atoms with Crippen LogP contribution >= 0.6 is 7.60 Å². The molecular formula is C23H27BN3O11PS. The number of hydrogen-bond donors (Lipinski definition) is 6. The lowest BCUT2D eigenvalue weighted by Crippen LogP contribution is -2.56. The first kappa shape index (κ1) is 29.7. The van der Waals surface area contributed by atoms with E-state index in [0.717, 1.165) is 22.7 Å². The van der Waals surface area contributed by atoms with Crippen molar-refractivity contribution in [1.82, 2.24) is 14.9 Å². The molecule has 2 aromatic rings. The molecular weight excluding hydrogens is 568 g/mol. The summed E-state index contributed by atoms with van der Waals surface area (Å²) in [6.45, 7) is 0.133. The third-order valence-electron chi connectivity index (χ3n) is 6.72. The van der Waals surface area contributed by atoms with Crippen LogP contribution in [0.5, 0.6) is 5.75 Å². The van der Waals surface area contributed by atoms with Crippen LogP contribution in [0.3, 0.4) is 0 Å². The molecule has 0 bridgehead atoms. The van der Waals surface area contributed by atoms with Gasteiger partial charge in [0.05, 0.1) is 23.1 Å². The van der Waals surface area contributed by atoms with Crippen molar-refractivity contribution in [2.24, 2.45) is 0 Å². The number of benzene rings is 2. The smallest absolute Gasteiger partial charge is 0.534 e. The standard InChI is InChI=1S/C23H27BN3O11PS/c1-40(36,37)27-11-3-6-17(27)21(28)26-19(13-7-9-15(10-8-13)39(33,34)35)22(29)25-18-12-14-4-2-5-16(23(30)31)20(14)38-24(18)32/h2,4-5,7-10,17-19,32H,3,6,11-12H2,1H3,(H,25,29)(H,26,28)(H,30,31)(H2,33,34,35)/t17-,18-,19?/m0/s1. The molecule has 1 unspecified atom stereocenters. The van der Waals surface area contributed by atoms with Gasteiger partial charge in [0.1, 0.15) is 17.8 Å². The molecule has 0 radical (unpaired) electrons. The molecule has 14 nitrogen and oxygen atoms in total. The summed E-state index contributed by atoms with van der Waals surface area (Å²) in [5, 5.41) is 24.7. The topological polar surface area (TPSA) is 220 Å². The van der Waals surface area contributed by atoms with E-state index in [1.54, 1.807) is 6.07 Å². The first-order valence-electron chi connectivity index (χ1n) is 12.1. The van der Waals surface area contributed by atoms with Crippen LogP contribution in [-0.4, -0.2) is 82.3 Å². The number of carbonyl (C=O) groups excluding carboxylic acids is 2. The summed E-state index contributed by atoms with van der Waals surface area (Å²) in [7, 11) is -9.95. The van der Waals surface area contributed by atoms with Crippen LogP contribution in [0, 0.1) is 0 Å². The van der Waals surface area contributed by atoms with Gasteiger partial charge in [0.15, 0.2) is 0 Å². The molecule has 214 valence electrons. The quantitative estimate of drug-likeness (QED) is 0.159. The van der Waals surface area contributed by atoms with Gasteiger partial charge in [-0.15, -0.1) is 0 Å². The molecule has 2 aliphatic rings. The van der Waals surface area contributed by atoms with Crippen LogP contribution < -0.4 is 20.6 Å². The van der Waals surface area contributed by atoms with Gasteiger partial charge >= 0.3 is 20.7 Å². The van der Waals surface area contributed by atoms with Crippen molar-refractivity contribution < 1.29 is 51.9 Å². The Morgan fingerprint density at radius 1 is 1.15 bits per heavy atom. The fourth-order valence-corrected chi connectivity index (χ4v) is 6.44. The van der Waals surface area contributed by atoms with Crippen molar-refractivity contribution in [3.63, 3.8) is 0 Å². The highest BCUT2D eigenvalue weighted by Crippen LogP contribution is 2.34. The van der Waals surface area contributed by atoms with Gasteiger partial charge in [-0.1, -0.05) is 24.3 Å². The molecule has 2 aromatic carbocycles. The maximum Gasteiger partial charge on any atom is 0.547 e. The lowest BCUT2D eigenvalue weighted by atomic mass is 9.72.